The van der Waals surface area contributed by atoms with Crippen LogP contribution in [0.2, 0.25) is 0 Å². The lowest BCUT2D eigenvalue weighted by atomic mass is 10.2. The van der Waals surface area contributed by atoms with Crippen LogP contribution in [-0.2, 0) is 4.74 Å². The van der Waals surface area contributed by atoms with Gasteiger partial charge in [0.2, 0.25) is 0 Å². The minimum Gasteiger partial charge on any atom is -0.467 e. The summed E-state index contributed by atoms with van der Waals surface area (Å²) >= 11 is 0. The Morgan fingerprint density at radius 3 is 1.47 bits per heavy atom. The van der Waals surface area contributed by atoms with Gasteiger partial charge in [-0.3, -0.25) is 0 Å². The van der Waals surface area contributed by atoms with E-state index < -0.39 is 0 Å². The predicted octanol–water partition coefficient (Wildman–Crippen LogP) is 5.97. The Morgan fingerprint density at radius 1 is 0.765 bits per heavy atom. The molecule has 0 heterocycles. The average Bonchev–Trinajstić information content (AvgIpc) is 2.36. The van der Waals surface area contributed by atoms with Gasteiger partial charge in [-0.05, 0) is 37.8 Å². The van der Waals surface area contributed by atoms with E-state index in [0.717, 1.165) is 37.2 Å². The molecule has 0 radical (unpaired) electrons. The minimum absolute atomic E-state index is 0.995. The molecule has 0 atom stereocenters. The number of allylic oxidation sites excluding steroid dienone is 4. The summed E-state index contributed by atoms with van der Waals surface area (Å²) in [4.78, 5) is 0. The molecular formula is C16H30O. The van der Waals surface area contributed by atoms with Crippen molar-refractivity contribution in [1.82, 2.24) is 0 Å². The third-order valence-corrected chi connectivity index (χ3v) is 2.82. The van der Waals surface area contributed by atoms with Crippen LogP contribution in [0.15, 0.2) is 23.7 Å². The second-order valence-corrected chi connectivity index (χ2v) is 4.43. The molecule has 0 rings (SSSR count). The molecule has 0 saturated heterocycles. The molecule has 1 nitrogen and oxygen atoms in total. The van der Waals surface area contributed by atoms with Gasteiger partial charge in [-0.1, -0.05) is 40.5 Å². The first-order chi connectivity index (χ1) is 8.28. The molecule has 0 saturated carbocycles. The van der Waals surface area contributed by atoms with Crippen molar-refractivity contribution in [3.63, 3.8) is 0 Å². The van der Waals surface area contributed by atoms with E-state index in [1.807, 2.05) is 0 Å². The summed E-state index contributed by atoms with van der Waals surface area (Å²) in [5.41, 5.74) is 0. The molecule has 0 aromatic heterocycles. The first-order valence-electron chi connectivity index (χ1n) is 7.34. The second-order valence-electron chi connectivity index (χ2n) is 4.43. The zero-order valence-electron chi connectivity index (χ0n) is 12.2. The van der Waals surface area contributed by atoms with Crippen molar-refractivity contribution in [2.45, 2.75) is 79.1 Å². The lowest BCUT2D eigenvalue weighted by Crippen LogP contribution is -1.92. The highest BCUT2D eigenvalue weighted by Gasteiger charge is 1.99. The Hall–Kier alpha value is -0.720. The van der Waals surface area contributed by atoms with Gasteiger partial charge in [-0.2, -0.15) is 0 Å². The van der Waals surface area contributed by atoms with Gasteiger partial charge < -0.3 is 4.74 Å². The standard InChI is InChI=1S/C16H30O/c1-5-9-11-13-15(7-3)17-16(8-4)14-12-10-6-2/h13-14H,5-12H2,1-4H3/b15-13+,16-14+. The number of ether oxygens (including phenoxy) is 1. The normalized spacial score (nSPS) is 12.9. The van der Waals surface area contributed by atoms with Crippen LogP contribution in [-0.4, -0.2) is 0 Å². The fourth-order valence-electron chi connectivity index (χ4n) is 1.62. The number of hydrogen-bond donors (Lipinski definition) is 0. The summed E-state index contributed by atoms with van der Waals surface area (Å²) in [5.74, 6) is 2.28. The molecule has 100 valence electrons. The number of unbranched alkanes of at least 4 members (excludes halogenated alkanes) is 4. The van der Waals surface area contributed by atoms with Crippen LogP contribution in [0.5, 0.6) is 0 Å². The quantitative estimate of drug-likeness (QED) is 0.336. The summed E-state index contributed by atoms with van der Waals surface area (Å²) in [5, 5.41) is 0. The lowest BCUT2D eigenvalue weighted by molar-refractivity contribution is 0.279. The maximum Gasteiger partial charge on any atom is 0.0993 e. The molecule has 0 fully saturated rings. The third kappa shape index (κ3) is 9.02. The van der Waals surface area contributed by atoms with E-state index in [1.165, 1.54) is 25.7 Å². The monoisotopic (exact) mass is 238 g/mol. The Bertz CT molecular complexity index is 202. The molecule has 0 unspecified atom stereocenters. The molecule has 0 bridgehead atoms. The second kappa shape index (κ2) is 11.8. The van der Waals surface area contributed by atoms with Gasteiger partial charge in [0, 0.05) is 12.8 Å². The van der Waals surface area contributed by atoms with Gasteiger partial charge in [-0.15, -0.1) is 0 Å². The van der Waals surface area contributed by atoms with Crippen molar-refractivity contribution in [2.75, 3.05) is 0 Å². The molecule has 17 heavy (non-hydrogen) atoms. The van der Waals surface area contributed by atoms with Gasteiger partial charge in [0.25, 0.3) is 0 Å². The average molecular weight is 238 g/mol. The van der Waals surface area contributed by atoms with Crippen molar-refractivity contribution in [3.8, 4) is 0 Å². The Labute approximate surface area is 108 Å². The van der Waals surface area contributed by atoms with Gasteiger partial charge in [-0.25, -0.2) is 0 Å². The summed E-state index contributed by atoms with van der Waals surface area (Å²) in [6.07, 6.45) is 13.8. The Morgan fingerprint density at radius 2 is 1.18 bits per heavy atom. The van der Waals surface area contributed by atoms with E-state index in [0.29, 0.717) is 0 Å². The zero-order valence-corrected chi connectivity index (χ0v) is 12.2. The highest BCUT2D eigenvalue weighted by molar-refractivity contribution is 5.01. The SMILES string of the molecule is CCCC/C=C(\CC)O/C(=C/CCCC)CC. The van der Waals surface area contributed by atoms with Crippen molar-refractivity contribution < 1.29 is 4.74 Å². The zero-order chi connectivity index (χ0) is 12.9. The first-order valence-corrected chi connectivity index (χ1v) is 7.34. The molecule has 0 aliphatic carbocycles. The molecular weight excluding hydrogens is 208 g/mol. The summed E-state index contributed by atoms with van der Waals surface area (Å²) in [6, 6.07) is 0. The predicted molar refractivity (Wildman–Crippen MR) is 76.9 cm³/mol. The van der Waals surface area contributed by atoms with E-state index >= 15 is 0 Å². The van der Waals surface area contributed by atoms with Gasteiger partial charge in [0.1, 0.15) is 0 Å². The van der Waals surface area contributed by atoms with Crippen LogP contribution in [0.25, 0.3) is 0 Å². The van der Waals surface area contributed by atoms with Gasteiger partial charge in [0.05, 0.1) is 11.5 Å². The maximum atomic E-state index is 5.96. The van der Waals surface area contributed by atoms with E-state index in [2.05, 4.69) is 39.8 Å². The minimum atomic E-state index is 0.995. The van der Waals surface area contributed by atoms with E-state index in [1.54, 1.807) is 0 Å². The number of hydrogen-bond acceptors (Lipinski definition) is 1. The van der Waals surface area contributed by atoms with Crippen molar-refractivity contribution in [3.05, 3.63) is 23.7 Å². The Kier molecular flexibility index (Phi) is 11.3. The van der Waals surface area contributed by atoms with Crippen molar-refractivity contribution >= 4 is 0 Å². The molecule has 1 heteroatoms. The van der Waals surface area contributed by atoms with Crippen molar-refractivity contribution in [2.24, 2.45) is 0 Å². The topological polar surface area (TPSA) is 9.23 Å². The smallest absolute Gasteiger partial charge is 0.0993 e. The maximum absolute atomic E-state index is 5.96. The fourth-order valence-corrected chi connectivity index (χ4v) is 1.62. The van der Waals surface area contributed by atoms with Crippen molar-refractivity contribution in [1.29, 1.82) is 0 Å². The molecule has 0 aliphatic heterocycles. The Balaban J connectivity index is 4.20. The van der Waals surface area contributed by atoms with E-state index in [9.17, 15) is 0 Å². The van der Waals surface area contributed by atoms with Crippen LogP contribution in [0.4, 0.5) is 0 Å². The van der Waals surface area contributed by atoms with E-state index in [-0.39, 0.29) is 0 Å². The lowest BCUT2D eigenvalue weighted by Gasteiger charge is -2.11. The largest absolute Gasteiger partial charge is 0.467 e. The third-order valence-electron chi connectivity index (χ3n) is 2.82. The highest BCUT2D eigenvalue weighted by Crippen LogP contribution is 2.15. The van der Waals surface area contributed by atoms with Crippen LogP contribution in [0.3, 0.4) is 0 Å². The van der Waals surface area contributed by atoms with Crippen LogP contribution in [0.1, 0.15) is 79.1 Å². The van der Waals surface area contributed by atoms with Crippen LogP contribution >= 0.6 is 0 Å². The van der Waals surface area contributed by atoms with Crippen LogP contribution < -0.4 is 0 Å². The number of rotatable bonds is 10. The van der Waals surface area contributed by atoms with Gasteiger partial charge in [0.15, 0.2) is 0 Å². The fraction of sp³-hybridized carbons (Fsp3) is 0.750. The highest BCUT2D eigenvalue weighted by atomic mass is 16.5. The molecule has 0 aromatic carbocycles. The molecule has 0 aliphatic rings. The molecule has 0 N–H and O–H groups in total. The summed E-state index contributed by atoms with van der Waals surface area (Å²) in [6.45, 7) is 8.78. The first kappa shape index (κ1) is 16.3. The van der Waals surface area contributed by atoms with E-state index in [4.69, 9.17) is 4.74 Å². The van der Waals surface area contributed by atoms with Crippen LogP contribution in [0, 0.1) is 0 Å². The molecule has 0 spiro atoms. The molecule has 0 amide bonds. The molecule has 0 aromatic rings. The van der Waals surface area contributed by atoms with Gasteiger partial charge >= 0.3 is 0 Å². The summed E-state index contributed by atoms with van der Waals surface area (Å²) < 4.78 is 5.96. The summed E-state index contributed by atoms with van der Waals surface area (Å²) in [7, 11) is 0.